The molecule has 2 heterocycles. The summed E-state index contributed by atoms with van der Waals surface area (Å²) < 4.78 is 29.8. The molecule has 0 unspecified atom stereocenters. The highest BCUT2D eigenvalue weighted by Gasteiger charge is 2.15. The summed E-state index contributed by atoms with van der Waals surface area (Å²) in [5.41, 5.74) is 7.55. The number of thiazole rings is 1. The SMILES string of the molecule is Nc1ncc(Cc2cnc(OC(F)F)c(-c3cccc(Cl)c3)c2)s1. The van der Waals surface area contributed by atoms with Gasteiger partial charge in [-0.2, -0.15) is 8.78 Å². The molecule has 3 aromatic rings. The molecule has 124 valence electrons. The molecule has 0 aliphatic rings. The molecule has 1 aromatic carbocycles. The van der Waals surface area contributed by atoms with Crippen LogP contribution in [0.25, 0.3) is 11.1 Å². The van der Waals surface area contributed by atoms with Gasteiger partial charge in [0.25, 0.3) is 0 Å². The molecule has 0 spiro atoms. The molecule has 3 rings (SSSR count). The Kier molecular flexibility index (Phi) is 4.92. The minimum Gasteiger partial charge on any atom is -0.416 e. The number of alkyl halides is 2. The second-order valence-electron chi connectivity index (χ2n) is 4.93. The second-order valence-corrected chi connectivity index (χ2v) is 6.51. The number of pyridine rings is 1. The standard InChI is InChI=1S/C16H12ClF2N3OS/c17-11-3-1-2-10(6-11)13-5-9(4-12-8-22-16(20)24-12)7-21-14(13)23-15(18)19/h1-3,5-8,15H,4H2,(H2,20,22). The highest BCUT2D eigenvalue weighted by atomic mass is 35.5. The van der Waals surface area contributed by atoms with E-state index in [1.807, 2.05) is 0 Å². The Bertz CT molecular complexity index is 857. The van der Waals surface area contributed by atoms with Crippen molar-refractivity contribution in [2.75, 3.05) is 5.73 Å². The average molecular weight is 368 g/mol. The molecule has 0 bridgehead atoms. The van der Waals surface area contributed by atoms with E-state index >= 15 is 0 Å². The summed E-state index contributed by atoms with van der Waals surface area (Å²) in [6.45, 7) is -2.96. The zero-order chi connectivity index (χ0) is 17.1. The van der Waals surface area contributed by atoms with Crippen molar-refractivity contribution in [3.05, 3.63) is 58.2 Å². The van der Waals surface area contributed by atoms with Gasteiger partial charge in [-0.1, -0.05) is 23.7 Å². The van der Waals surface area contributed by atoms with Crippen LogP contribution >= 0.6 is 22.9 Å². The first-order chi connectivity index (χ1) is 11.5. The number of nitrogen functional groups attached to an aromatic ring is 1. The number of rotatable bonds is 5. The van der Waals surface area contributed by atoms with Gasteiger partial charge in [0.15, 0.2) is 5.13 Å². The van der Waals surface area contributed by atoms with Crippen molar-refractivity contribution in [1.29, 1.82) is 0 Å². The van der Waals surface area contributed by atoms with E-state index in [2.05, 4.69) is 14.7 Å². The van der Waals surface area contributed by atoms with Gasteiger partial charge < -0.3 is 10.5 Å². The second kappa shape index (κ2) is 7.11. The van der Waals surface area contributed by atoms with Gasteiger partial charge in [-0.25, -0.2) is 9.97 Å². The summed E-state index contributed by atoms with van der Waals surface area (Å²) in [7, 11) is 0. The molecule has 0 saturated heterocycles. The third kappa shape index (κ3) is 3.98. The van der Waals surface area contributed by atoms with Gasteiger partial charge >= 0.3 is 6.61 Å². The number of hydrogen-bond donors (Lipinski definition) is 1. The van der Waals surface area contributed by atoms with Crippen LogP contribution in [0.3, 0.4) is 0 Å². The molecule has 0 saturated carbocycles. The average Bonchev–Trinajstić information content (AvgIpc) is 2.93. The first-order valence-corrected chi connectivity index (χ1v) is 8.10. The number of aromatic nitrogens is 2. The lowest BCUT2D eigenvalue weighted by atomic mass is 10.0. The summed E-state index contributed by atoms with van der Waals surface area (Å²) in [5, 5.41) is 0.974. The fraction of sp³-hybridized carbons (Fsp3) is 0.125. The highest BCUT2D eigenvalue weighted by molar-refractivity contribution is 7.15. The summed E-state index contributed by atoms with van der Waals surface area (Å²) in [6, 6.07) is 8.63. The van der Waals surface area contributed by atoms with Gasteiger partial charge in [0, 0.05) is 34.3 Å². The monoisotopic (exact) mass is 367 g/mol. The lowest BCUT2D eigenvalue weighted by Crippen LogP contribution is -2.05. The number of halogens is 3. The number of anilines is 1. The minimum absolute atomic E-state index is 0.139. The molecule has 0 aliphatic heterocycles. The van der Waals surface area contributed by atoms with E-state index in [0.29, 0.717) is 27.7 Å². The van der Waals surface area contributed by atoms with E-state index in [1.165, 1.54) is 17.5 Å². The van der Waals surface area contributed by atoms with Crippen molar-refractivity contribution >= 4 is 28.1 Å². The fourth-order valence-electron chi connectivity index (χ4n) is 2.24. The van der Waals surface area contributed by atoms with Gasteiger partial charge in [-0.15, -0.1) is 11.3 Å². The fourth-order valence-corrected chi connectivity index (χ4v) is 3.15. The van der Waals surface area contributed by atoms with Gasteiger partial charge in [-0.3, -0.25) is 0 Å². The molecule has 8 heteroatoms. The van der Waals surface area contributed by atoms with Crippen LogP contribution < -0.4 is 10.5 Å². The van der Waals surface area contributed by atoms with Crippen LogP contribution in [0.4, 0.5) is 13.9 Å². The molecule has 2 N–H and O–H groups in total. The van der Waals surface area contributed by atoms with Gasteiger partial charge in [-0.05, 0) is 29.3 Å². The topological polar surface area (TPSA) is 61.0 Å². The van der Waals surface area contributed by atoms with Crippen LogP contribution in [0.2, 0.25) is 5.02 Å². The van der Waals surface area contributed by atoms with Crippen molar-refractivity contribution < 1.29 is 13.5 Å². The van der Waals surface area contributed by atoms with Gasteiger partial charge in [0.1, 0.15) is 0 Å². The van der Waals surface area contributed by atoms with Crippen molar-refractivity contribution in [1.82, 2.24) is 9.97 Å². The maximum Gasteiger partial charge on any atom is 0.388 e. The first-order valence-electron chi connectivity index (χ1n) is 6.91. The third-order valence-corrected chi connectivity index (χ3v) is 4.26. The smallest absolute Gasteiger partial charge is 0.388 e. The zero-order valence-electron chi connectivity index (χ0n) is 12.2. The summed E-state index contributed by atoms with van der Waals surface area (Å²) in [5.74, 6) is -0.139. The molecule has 2 aromatic heterocycles. The van der Waals surface area contributed by atoms with Crippen molar-refractivity contribution in [3.63, 3.8) is 0 Å². The van der Waals surface area contributed by atoms with E-state index < -0.39 is 6.61 Å². The van der Waals surface area contributed by atoms with Crippen LogP contribution in [0.5, 0.6) is 5.88 Å². The molecule has 4 nitrogen and oxygen atoms in total. The van der Waals surface area contributed by atoms with E-state index in [4.69, 9.17) is 17.3 Å². The maximum absolute atomic E-state index is 12.6. The molecule has 0 aliphatic carbocycles. The molecule has 0 amide bonds. The largest absolute Gasteiger partial charge is 0.416 e. The number of nitrogens with zero attached hydrogens (tertiary/aromatic N) is 2. The Morgan fingerprint density at radius 1 is 1.21 bits per heavy atom. The molecular weight excluding hydrogens is 356 g/mol. The number of ether oxygens (including phenoxy) is 1. The molecule has 0 fully saturated rings. The van der Waals surface area contributed by atoms with Crippen LogP contribution in [0.1, 0.15) is 10.4 Å². The lowest BCUT2D eigenvalue weighted by Gasteiger charge is -2.11. The van der Waals surface area contributed by atoms with E-state index in [1.54, 1.807) is 36.5 Å². The Balaban J connectivity index is 2.00. The molecule has 24 heavy (non-hydrogen) atoms. The Hall–Kier alpha value is -2.25. The maximum atomic E-state index is 12.6. The Morgan fingerprint density at radius 2 is 2.04 bits per heavy atom. The van der Waals surface area contributed by atoms with Crippen LogP contribution in [0.15, 0.2) is 42.7 Å². The van der Waals surface area contributed by atoms with Crippen molar-refractivity contribution in [2.45, 2.75) is 13.0 Å². The predicted molar refractivity (Wildman–Crippen MR) is 90.6 cm³/mol. The minimum atomic E-state index is -2.96. The summed E-state index contributed by atoms with van der Waals surface area (Å²) in [4.78, 5) is 8.98. The summed E-state index contributed by atoms with van der Waals surface area (Å²) >= 11 is 7.36. The van der Waals surface area contributed by atoms with Crippen molar-refractivity contribution in [3.8, 4) is 17.0 Å². The quantitative estimate of drug-likeness (QED) is 0.714. The number of nitrogens with two attached hydrogens (primary N) is 1. The van der Waals surface area contributed by atoms with E-state index in [-0.39, 0.29) is 5.88 Å². The van der Waals surface area contributed by atoms with E-state index in [9.17, 15) is 8.78 Å². The third-order valence-electron chi connectivity index (χ3n) is 3.19. The Morgan fingerprint density at radius 3 is 2.71 bits per heavy atom. The number of benzene rings is 1. The van der Waals surface area contributed by atoms with E-state index in [0.717, 1.165) is 10.4 Å². The summed E-state index contributed by atoms with van der Waals surface area (Å²) in [6.07, 6.45) is 3.73. The molecule has 0 radical (unpaired) electrons. The Labute approximate surface area is 145 Å². The van der Waals surface area contributed by atoms with Gasteiger partial charge in [0.05, 0.1) is 0 Å². The normalized spacial score (nSPS) is 11.0. The van der Waals surface area contributed by atoms with Crippen LogP contribution in [-0.2, 0) is 6.42 Å². The molecular formula is C16H12ClF2N3OS. The molecule has 0 atom stereocenters. The van der Waals surface area contributed by atoms with Crippen molar-refractivity contribution in [2.24, 2.45) is 0 Å². The van der Waals surface area contributed by atoms with Gasteiger partial charge in [0.2, 0.25) is 5.88 Å². The predicted octanol–water partition coefficient (Wildman–Crippen LogP) is 4.63. The zero-order valence-corrected chi connectivity index (χ0v) is 13.8. The number of hydrogen-bond acceptors (Lipinski definition) is 5. The highest BCUT2D eigenvalue weighted by Crippen LogP contribution is 2.32. The first kappa shape index (κ1) is 16.6. The van der Waals surface area contributed by atoms with Crippen LogP contribution in [-0.4, -0.2) is 16.6 Å². The van der Waals surface area contributed by atoms with Crippen LogP contribution in [0, 0.1) is 0 Å². The lowest BCUT2D eigenvalue weighted by molar-refractivity contribution is -0.0524.